The van der Waals surface area contributed by atoms with E-state index in [0.717, 1.165) is 11.3 Å². The minimum absolute atomic E-state index is 0.379. The molecule has 0 aliphatic rings. The number of hydrogen-bond acceptors (Lipinski definition) is 2. The highest BCUT2D eigenvalue weighted by molar-refractivity contribution is 7.99. The summed E-state index contributed by atoms with van der Waals surface area (Å²) in [5.41, 5.74) is 0.909. The third kappa shape index (κ3) is 4.43. The molecule has 0 heterocycles. The molecule has 1 unspecified atom stereocenters. The number of carboxylic acids is 1. The van der Waals surface area contributed by atoms with Crippen LogP contribution in [0.1, 0.15) is 38.7 Å². The van der Waals surface area contributed by atoms with E-state index in [1.165, 1.54) is 4.90 Å². The fraction of sp³-hybridized carbons (Fsp3) is 0.500. The van der Waals surface area contributed by atoms with Gasteiger partial charge in [0, 0.05) is 4.90 Å². The molecule has 0 bridgehead atoms. The molecular weight excluding hydrogens is 232 g/mol. The molecule has 94 valence electrons. The van der Waals surface area contributed by atoms with E-state index in [9.17, 15) is 9.90 Å². The summed E-state index contributed by atoms with van der Waals surface area (Å²) in [4.78, 5) is 12.4. The molecular formula is C14H20O2S. The lowest BCUT2D eigenvalue weighted by molar-refractivity contribution is -0.139. The lowest BCUT2D eigenvalue weighted by atomic mass is 9.90. The van der Waals surface area contributed by atoms with Gasteiger partial charge in [0.2, 0.25) is 0 Å². The molecule has 17 heavy (non-hydrogen) atoms. The zero-order valence-corrected chi connectivity index (χ0v) is 11.5. The smallest absolute Gasteiger partial charge is 0.310 e. The number of thioether (sulfide) groups is 1. The van der Waals surface area contributed by atoms with Crippen molar-refractivity contribution in [3.8, 4) is 0 Å². The summed E-state index contributed by atoms with van der Waals surface area (Å²) in [6, 6.07) is 7.91. The maximum absolute atomic E-state index is 11.2. The summed E-state index contributed by atoms with van der Waals surface area (Å²) in [6.07, 6.45) is 0.690. The van der Waals surface area contributed by atoms with Crippen LogP contribution < -0.4 is 0 Å². The van der Waals surface area contributed by atoms with Crippen molar-refractivity contribution in [3.63, 3.8) is 0 Å². The first-order valence-electron chi connectivity index (χ1n) is 6.00. The Labute approximate surface area is 107 Å². The van der Waals surface area contributed by atoms with Crippen molar-refractivity contribution in [1.82, 2.24) is 0 Å². The van der Waals surface area contributed by atoms with Crippen molar-refractivity contribution in [2.45, 2.75) is 38.0 Å². The van der Waals surface area contributed by atoms with Crippen molar-refractivity contribution in [2.75, 3.05) is 5.75 Å². The van der Waals surface area contributed by atoms with E-state index < -0.39 is 5.97 Å². The van der Waals surface area contributed by atoms with Gasteiger partial charge < -0.3 is 5.11 Å². The average molecular weight is 252 g/mol. The molecule has 2 nitrogen and oxygen atoms in total. The Morgan fingerprint density at radius 1 is 1.29 bits per heavy atom. The molecule has 0 radical (unpaired) electrons. The summed E-state index contributed by atoms with van der Waals surface area (Å²) < 4.78 is 0. The van der Waals surface area contributed by atoms with Crippen molar-refractivity contribution in [1.29, 1.82) is 0 Å². The van der Waals surface area contributed by atoms with Gasteiger partial charge in [-0.05, 0) is 35.8 Å². The summed E-state index contributed by atoms with van der Waals surface area (Å²) in [5.74, 6) is 0.319. The van der Waals surface area contributed by atoms with Gasteiger partial charge in [-0.3, -0.25) is 4.79 Å². The lowest BCUT2D eigenvalue weighted by Crippen LogP contribution is -2.13. The van der Waals surface area contributed by atoms with Crippen LogP contribution in [0.15, 0.2) is 29.2 Å². The summed E-state index contributed by atoms with van der Waals surface area (Å²) in [5, 5.41) is 9.24. The zero-order chi connectivity index (χ0) is 12.8. The normalized spacial score (nSPS) is 12.7. The maximum atomic E-state index is 11.2. The van der Waals surface area contributed by atoms with Crippen molar-refractivity contribution < 1.29 is 9.90 Å². The Bertz CT molecular complexity index is 357. The number of hydrogen-bond donors (Lipinski definition) is 1. The largest absolute Gasteiger partial charge is 0.481 e. The van der Waals surface area contributed by atoms with Gasteiger partial charge in [-0.15, -0.1) is 11.8 Å². The van der Waals surface area contributed by atoms with E-state index >= 15 is 0 Å². The highest BCUT2D eigenvalue weighted by atomic mass is 32.2. The minimum Gasteiger partial charge on any atom is -0.481 e. The Morgan fingerprint density at radius 3 is 2.29 bits per heavy atom. The number of benzene rings is 1. The molecule has 0 fully saturated rings. The van der Waals surface area contributed by atoms with Crippen molar-refractivity contribution >= 4 is 17.7 Å². The molecule has 1 aromatic carbocycles. The second-order valence-electron chi connectivity index (χ2n) is 4.52. The highest BCUT2D eigenvalue weighted by Crippen LogP contribution is 2.26. The molecule has 3 heteroatoms. The minimum atomic E-state index is -0.727. The third-order valence-electron chi connectivity index (χ3n) is 2.60. The molecule has 0 aliphatic carbocycles. The first-order chi connectivity index (χ1) is 8.04. The lowest BCUT2D eigenvalue weighted by Gasteiger charge is -2.15. The first kappa shape index (κ1) is 14.1. The standard InChI is InChI=1S/C14H20O2S/c1-4-17-12-7-5-11(6-8-12)13(14(15)16)9-10(2)3/h5-8,10,13H,4,9H2,1-3H3,(H,15,16). The predicted octanol–water partition coefficient (Wildman–Crippen LogP) is 4.01. The molecule has 1 atom stereocenters. The van der Waals surface area contributed by atoms with Gasteiger partial charge in [0.25, 0.3) is 0 Å². The Morgan fingerprint density at radius 2 is 1.88 bits per heavy atom. The van der Waals surface area contributed by atoms with E-state index in [2.05, 4.69) is 20.8 Å². The zero-order valence-electron chi connectivity index (χ0n) is 10.6. The summed E-state index contributed by atoms with van der Waals surface area (Å²) >= 11 is 1.77. The van der Waals surface area contributed by atoms with Crippen LogP contribution in [-0.2, 0) is 4.79 Å². The Hall–Kier alpha value is -0.960. The topological polar surface area (TPSA) is 37.3 Å². The number of aliphatic carboxylic acids is 1. The predicted molar refractivity (Wildman–Crippen MR) is 72.7 cm³/mol. The number of rotatable bonds is 6. The van der Waals surface area contributed by atoms with Gasteiger partial charge in [-0.25, -0.2) is 0 Å². The molecule has 1 rings (SSSR count). The fourth-order valence-electron chi connectivity index (χ4n) is 1.81. The molecule has 0 spiro atoms. The van der Waals surface area contributed by atoms with Crippen LogP contribution in [0.25, 0.3) is 0 Å². The van der Waals surface area contributed by atoms with Crippen LogP contribution in [0, 0.1) is 5.92 Å². The van der Waals surface area contributed by atoms with E-state index in [0.29, 0.717) is 12.3 Å². The van der Waals surface area contributed by atoms with Gasteiger partial charge in [-0.1, -0.05) is 32.9 Å². The van der Waals surface area contributed by atoms with Crippen LogP contribution in [0.4, 0.5) is 0 Å². The number of carbonyl (C=O) groups is 1. The van der Waals surface area contributed by atoms with E-state index in [1.807, 2.05) is 24.3 Å². The van der Waals surface area contributed by atoms with Gasteiger partial charge in [0.1, 0.15) is 0 Å². The van der Waals surface area contributed by atoms with Gasteiger partial charge in [0.05, 0.1) is 5.92 Å². The van der Waals surface area contributed by atoms with Gasteiger partial charge in [0.15, 0.2) is 0 Å². The first-order valence-corrected chi connectivity index (χ1v) is 6.98. The van der Waals surface area contributed by atoms with Crippen molar-refractivity contribution in [2.24, 2.45) is 5.92 Å². The van der Waals surface area contributed by atoms with Crippen LogP contribution in [0.3, 0.4) is 0 Å². The summed E-state index contributed by atoms with van der Waals surface area (Å²) in [6.45, 7) is 6.21. The van der Waals surface area contributed by atoms with Gasteiger partial charge >= 0.3 is 5.97 Å². The molecule has 0 saturated carbocycles. The highest BCUT2D eigenvalue weighted by Gasteiger charge is 2.20. The molecule has 1 N–H and O–H groups in total. The van der Waals surface area contributed by atoms with Crippen LogP contribution in [-0.4, -0.2) is 16.8 Å². The third-order valence-corrected chi connectivity index (χ3v) is 3.49. The van der Waals surface area contributed by atoms with E-state index in [4.69, 9.17) is 0 Å². The van der Waals surface area contributed by atoms with Crippen LogP contribution >= 0.6 is 11.8 Å². The molecule has 0 aliphatic heterocycles. The molecule has 0 amide bonds. The summed E-state index contributed by atoms with van der Waals surface area (Å²) in [7, 11) is 0. The monoisotopic (exact) mass is 252 g/mol. The maximum Gasteiger partial charge on any atom is 0.310 e. The van der Waals surface area contributed by atoms with Gasteiger partial charge in [-0.2, -0.15) is 0 Å². The van der Waals surface area contributed by atoms with Crippen LogP contribution in [0.2, 0.25) is 0 Å². The van der Waals surface area contributed by atoms with Crippen LogP contribution in [0.5, 0.6) is 0 Å². The SMILES string of the molecule is CCSc1ccc(C(CC(C)C)C(=O)O)cc1. The van der Waals surface area contributed by atoms with E-state index in [1.54, 1.807) is 11.8 Å². The molecule has 0 aromatic heterocycles. The molecule has 0 saturated heterocycles. The number of carboxylic acid groups (broad SMARTS) is 1. The molecule has 1 aromatic rings. The Balaban J connectivity index is 2.83. The Kier molecular flexibility index (Phi) is 5.56. The van der Waals surface area contributed by atoms with Crippen molar-refractivity contribution in [3.05, 3.63) is 29.8 Å². The quantitative estimate of drug-likeness (QED) is 0.777. The van der Waals surface area contributed by atoms with E-state index in [-0.39, 0.29) is 5.92 Å². The fourth-order valence-corrected chi connectivity index (χ4v) is 2.48. The average Bonchev–Trinajstić information content (AvgIpc) is 2.27. The second kappa shape index (κ2) is 6.70. The second-order valence-corrected chi connectivity index (χ2v) is 5.86.